The number of rotatable bonds is 6. The molecule has 0 bridgehead atoms. The van der Waals surface area contributed by atoms with Crippen LogP contribution in [0.1, 0.15) is 18.3 Å². The maximum Gasteiger partial charge on any atom is 0.416 e. The second-order valence-corrected chi connectivity index (χ2v) is 6.24. The Balaban J connectivity index is 1.52. The van der Waals surface area contributed by atoms with E-state index >= 15 is 0 Å². The maximum absolute atomic E-state index is 12.6. The first-order valence-corrected chi connectivity index (χ1v) is 9.08. The van der Waals surface area contributed by atoms with Gasteiger partial charge in [-0.25, -0.2) is 14.8 Å². The van der Waals surface area contributed by atoms with Gasteiger partial charge in [-0.1, -0.05) is 19.1 Å². The Labute approximate surface area is 165 Å². The lowest BCUT2D eigenvalue weighted by molar-refractivity contribution is -0.137. The van der Waals surface area contributed by atoms with E-state index < -0.39 is 17.8 Å². The van der Waals surface area contributed by atoms with Gasteiger partial charge in [0.1, 0.15) is 11.6 Å². The van der Waals surface area contributed by atoms with Crippen molar-refractivity contribution in [1.82, 2.24) is 15.3 Å². The molecule has 0 radical (unpaired) electrons. The van der Waals surface area contributed by atoms with E-state index in [9.17, 15) is 18.0 Å². The number of urea groups is 1. The van der Waals surface area contributed by atoms with Crippen molar-refractivity contribution in [3.05, 3.63) is 59.9 Å². The number of hydrogen-bond acceptors (Lipinski definition) is 4. The number of fused-ring (bicyclic) bond motifs is 1. The summed E-state index contributed by atoms with van der Waals surface area (Å²) in [6, 6.07) is 11.4. The van der Waals surface area contributed by atoms with E-state index in [0.717, 1.165) is 28.9 Å². The van der Waals surface area contributed by atoms with Crippen LogP contribution in [0.2, 0.25) is 0 Å². The van der Waals surface area contributed by atoms with Gasteiger partial charge in [-0.15, -0.1) is 0 Å². The molecule has 3 aromatic rings. The van der Waals surface area contributed by atoms with Gasteiger partial charge in [-0.05, 0) is 36.4 Å². The quantitative estimate of drug-likeness (QED) is 0.532. The lowest BCUT2D eigenvalue weighted by Gasteiger charge is -2.12. The van der Waals surface area contributed by atoms with Crippen molar-refractivity contribution in [3.8, 4) is 0 Å². The van der Waals surface area contributed by atoms with Crippen molar-refractivity contribution in [3.63, 3.8) is 0 Å². The number of nitrogens with zero attached hydrogens (tertiary/aromatic N) is 2. The predicted octanol–water partition coefficient (Wildman–Crippen LogP) is 4.44. The largest absolute Gasteiger partial charge is 0.416 e. The Bertz CT molecular complexity index is 990. The first kappa shape index (κ1) is 20.4. The van der Waals surface area contributed by atoms with Gasteiger partial charge in [0.15, 0.2) is 0 Å². The highest BCUT2D eigenvalue weighted by Gasteiger charge is 2.29. The van der Waals surface area contributed by atoms with E-state index in [1.165, 1.54) is 12.1 Å². The third-order valence-corrected chi connectivity index (χ3v) is 4.14. The molecular formula is C20H20F3N5O. The first-order chi connectivity index (χ1) is 13.9. The number of nitrogens with one attached hydrogen (secondary N) is 3. The van der Waals surface area contributed by atoms with Crippen LogP contribution in [0.3, 0.4) is 0 Å². The molecule has 29 heavy (non-hydrogen) atoms. The maximum atomic E-state index is 12.6. The van der Waals surface area contributed by atoms with Crippen molar-refractivity contribution in [2.45, 2.75) is 19.5 Å². The van der Waals surface area contributed by atoms with Crippen molar-refractivity contribution in [1.29, 1.82) is 0 Å². The van der Waals surface area contributed by atoms with Gasteiger partial charge in [-0.3, -0.25) is 0 Å². The molecule has 0 aliphatic carbocycles. The number of benzene rings is 2. The third-order valence-electron chi connectivity index (χ3n) is 4.14. The summed E-state index contributed by atoms with van der Waals surface area (Å²) in [7, 11) is 0. The highest BCUT2D eigenvalue weighted by molar-refractivity contribution is 5.90. The fourth-order valence-electron chi connectivity index (χ4n) is 2.69. The molecule has 152 valence electrons. The van der Waals surface area contributed by atoms with E-state index in [-0.39, 0.29) is 5.69 Å². The minimum atomic E-state index is -4.41. The van der Waals surface area contributed by atoms with Crippen LogP contribution in [0.25, 0.3) is 10.9 Å². The number of carbonyl (C=O) groups excluding carboxylic acids is 1. The van der Waals surface area contributed by atoms with E-state index in [1.54, 1.807) is 0 Å². The molecule has 3 rings (SSSR count). The Kier molecular flexibility index (Phi) is 6.16. The molecule has 0 atom stereocenters. The number of para-hydroxylation sites is 1. The average Bonchev–Trinajstić information content (AvgIpc) is 2.70. The number of carbonyl (C=O) groups is 1. The number of anilines is 2. The number of aromatic nitrogens is 2. The Morgan fingerprint density at radius 2 is 1.72 bits per heavy atom. The van der Waals surface area contributed by atoms with Crippen LogP contribution in [-0.4, -0.2) is 29.1 Å². The number of halogens is 3. The zero-order valence-electron chi connectivity index (χ0n) is 15.7. The molecule has 1 heterocycles. The molecule has 6 nitrogen and oxygen atoms in total. The normalized spacial score (nSPS) is 11.3. The standard InChI is InChI=1S/C20H20F3N5O/c1-2-17-27-16-6-4-3-5-15(16)18(28-17)24-11-12-25-19(29)26-14-9-7-13(8-10-14)20(21,22)23/h3-10H,2,11-12H2,1H3,(H,24,27,28)(H2,25,26,29). The van der Waals surface area contributed by atoms with Crippen molar-refractivity contribution in [2.75, 3.05) is 23.7 Å². The number of alkyl halides is 3. The molecule has 1 aromatic heterocycles. The van der Waals surface area contributed by atoms with Crippen LogP contribution in [-0.2, 0) is 12.6 Å². The fourth-order valence-corrected chi connectivity index (χ4v) is 2.69. The summed E-state index contributed by atoms with van der Waals surface area (Å²) < 4.78 is 37.7. The van der Waals surface area contributed by atoms with Crippen molar-refractivity contribution < 1.29 is 18.0 Å². The predicted molar refractivity (Wildman–Crippen MR) is 106 cm³/mol. The minimum Gasteiger partial charge on any atom is -0.368 e. The van der Waals surface area contributed by atoms with E-state index in [4.69, 9.17) is 0 Å². The minimum absolute atomic E-state index is 0.276. The molecule has 0 saturated carbocycles. The van der Waals surface area contributed by atoms with Crippen molar-refractivity contribution in [2.24, 2.45) is 0 Å². The van der Waals surface area contributed by atoms with E-state index in [0.29, 0.717) is 25.3 Å². The van der Waals surface area contributed by atoms with Crippen LogP contribution in [0.5, 0.6) is 0 Å². The smallest absolute Gasteiger partial charge is 0.368 e. The molecule has 3 N–H and O–H groups in total. The molecule has 2 amide bonds. The molecule has 0 fully saturated rings. The van der Waals surface area contributed by atoms with Gasteiger partial charge >= 0.3 is 12.2 Å². The van der Waals surface area contributed by atoms with E-state index in [1.807, 2.05) is 31.2 Å². The fraction of sp³-hybridized carbons (Fsp3) is 0.250. The molecule has 0 aliphatic heterocycles. The molecule has 0 aliphatic rings. The van der Waals surface area contributed by atoms with Crippen LogP contribution in [0.4, 0.5) is 29.5 Å². The zero-order valence-corrected chi connectivity index (χ0v) is 15.7. The van der Waals surface area contributed by atoms with Gasteiger partial charge in [0.25, 0.3) is 0 Å². The summed E-state index contributed by atoms with van der Waals surface area (Å²) in [6.07, 6.45) is -3.71. The first-order valence-electron chi connectivity index (χ1n) is 9.08. The summed E-state index contributed by atoms with van der Waals surface area (Å²) in [6.45, 7) is 2.69. The zero-order chi connectivity index (χ0) is 20.9. The monoisotopic (exact) mass is 403 g/mol. The van der Waals surface area contributed by atoms with Gasteiger partial charge < -0.3 is 16.0 Å². The lowest BCUT2D eigenvalue weighted by atomic mass is 10.2. The molecule has 0 unspecified atom stereocenters. The number of hydrogen-bond donors (Lipinski definition) is 3. The van der Waals surface area contributed by atoms with Gasteiger partial charge in [-0.2, -0.15) is 13.2 Å². The Morgan fingerprint density at radius 3 is 2.41 bits per heavy atom. The Morgan fingerprint density at radius 1 is 1.00 bits per heavy atom. The van der Waals surface area contributed by atoms with Gasteiger partial charge in [0.05, 0.1) is 11.1 Å². The van der Waals surface area contributed by atoms with Crippen LogP contribution in [0.15, 0.2) is 48.5 Å². The summed E-state index contributed by atoms with van der Waals surface area (Å²) in [4.78, 5) is 20.9. The number of aryl methyl sites for hydroxylation is 1. The Hall–Kier alpha value is -3.36. The third kappa shape index (κ3) is 5.34. The molecule has 0 spiro atoms. The molecule has 9 heteroatoms. The molecule has 2 aromatic carbocycles. The molecule has 0 saturated heterocycles. The SMILES string of the molecule is CCc1nc(NCCNC(=O)Nc2ccc(C(F)(F)F)cc2)c2ccccc2n1. The van der Waals surface area contributed by atoms with Gasteiger partial charge in [0, 0.05) is 30.6 Å². The summed E-state index contributed by atoms with van der Waals surface area (Å²) in [5, 5.41) is 9.22. The van der Waals surface area contributed by atoms with E-state index in [2.05, 4.69) is 25.9 Å². The highest BCUT2D eigenvalue weighted by atomic mass is 19.4. The topological polar surface area (TPSA) is 78.9 Å². The van der Waals surface area contributed by atoms with Gasteiger partial charge in [0.2, 0.25) is 0 Å². The average molecular weight is 403 g/mol. The molecular weight excluding hydrogens is 383 g/mol. The second-order valence-electron chi connectivity index (χ2n) is 6.24. The van der Waals surface area contributed by atoms with Crippen LogP contribution in [0, 0.1) is 0 Å². The van der Waals surface area contributed by atoms with Crippen molar-refractivity contribution >= 4 is 28.4 Å². The number of amides is 2. The lowest BCUT2D eigenvalue weighted by Crippen LogP contribution is -2.32. The summed E-state index contributed by atoms with van der Waals surface area (Å²) in [5.74, 6) is 1.41. The second kappa shape index (κ2) is 8.76. The summed E-state index contributed by atoms with van der Waals surface area (Å²) in [5.41, 5.74) is 0.351. The van der Waals surface area contributed by atoms with Crippen LogP contribution < -0.4 is 16.0 Å². The van der Waals surface area contributed by atoms with Crippen LogP contribution >= 0.6 is 0 Å². The highest BCUT2D eigenvalue weighted by Crippen LogP contribution is 2.29. The summed E-state index contributed by atoms with van der Waals surface area (Å²) >= 11 is 0.